The summed E-state index contributed by atoms with van der Waals surface area (Å²) in [5.74, 6) is 0.664. The van der Waals surface area contributed by atoms with E-state index >= 15 is 0 Å². The van der Waals surface area contributed by atoms with Crippen molar-refractivity contribution >= 4 is 5.69 Å². The van der Waals surface area contributed by atoms with Crippen LogP contribution < -0.4 is 10.6 Å². The zero-order valence-electron chi connectivity index (χ0n) is 11.8. The second-order valence-corrected chi connectivity index (χ2v) is 5.73. The molecule has 0 radical (unpaired) electrons. The Hall–Kier alpha value is -1.06. The molecule has 2 N–H and O–H groups in total. The maximum absolute atomic E-state index is 6.14. The minimum Gasteiger partial charge on any atom is -0.378 e. The lowest BCUT2D eigenvalue weighted by atomic mass is 9.94. The van der Waals surface area contributed by atoms with E-state index < -0.39 is 0 Å². The van der Waals surface area contributed by atoms with Crippen molar-refractivity contribution in [2.75, 3.05) is 32.1 Å². The third kappa shape index (κ3) is 3.24. The Labute approximate surface area is 111 Å². The Morgan fingerprint density at radius 2 is 1.94 bits per heavy atom. The minimum atomic E-state index is 0.333. The van der Waals surface area contributed by atoms with Gasteiger partial charge in [-0.05, 0) is 36.6 Å². The maximum Gasteiger partial charge on any atom is 0.0361 e. The predicted octanol–water partition coefficient (Wildman–Crippen LogP) is 1.92. The first kappa shape index (κ1) is 13.4. The summed E-state index contributed by atoms with van der Waals surface area (Å²) < 4.78 is 0. The van der Waals surface area contributed by atoms with Crippen molar-refractivity contribution in [3.63, 3.8) is 0 Å². The molecule has 0 aliphatic carbocycles. The number of anilines is 1. The molecule has 1 saturated heterocycles. The average Bonchev–Trinajstić information content (AvgIpc) is 2.34. The largest absolute Gasteiger partial charge is 0.378 e. The first-order chi connectivity index (χ1) is 8.56. The molecule has 18 heavy (non-hydrogen) atoms. The standard InChI is InChI=1S/C15H25N3/c1-12-8-9-18(11-15(12)16)10-13-4-6-14(7-5-13)17(2)3/h4-7,12,15H,8-11,16H2,1-3H3. The Morgan fingerprint density at radius 1 is 1.28 bits per heavy atom. The number of hydrogen-bond donors (Lipinski definition) is 1. The van der Waals surface area contributed by atoms with Gasteiger partial charge in [0, 0.05) is 38.9 Å². The van der Waals surface area contributed by atoms with Crippen LogP contribution in [0.3, 0.4) is 0 Å². The summed E-state index contributed by atoms with van der Waals surface area (Å²) in [6, 6.07) is 9.14. The van der Waals surface area contributed by atoms with E-state index in [4.69, 9.17) is 5.73 Å². The molecule has 2 unspecified atom stereocenters. The lowest BCUT2D eigenvalue weighted by Crippen LogP contribution is -2.47. The van der Waals surface area contributed by atoms with E-state index in [0.717, 1.165) is 13.1 Å². The van der Waals surface area contributed by atoms with Crippen LogP contribution >= 0.6 is 0 Å². The highest BCUT2D eigenvalue weighted by Crippen LogP contribution is 2.19. The first-order valence-electron chi connectivity index (χ1n) is 6.80. The molecule has 1 aromatic rings. The molecule has 100 valence electrons. The quantitative estimate of drug-likeness (QED) is 0.886. The lowest BCUT2D eigenvalue weighted by Gasteiger charge is -2.35. The van der Waals surface area contributed by atoms with Gasteiger partial charge in [-0.25, -0.2) is 0 Å². The van der Waals surface area contributed by atoms with Gasteiger partial charge < -0.3 is 10.6 Å². The van der Waals surface area contributed by atoms with Crippen molar-refractivity contribution < 1.29 is 0 Å². The van der Waals surface area contributed by atoms with Crippen molar-refractivity contribution in [1.29, 1.82) is 0 Å². The van der Waals surface area contributed by atoms with Gasteiger partial charge in [0.2, 0.25) is 0 Å². The van der Waals surface area contributed by atoms with Gasteiger partial charge in [-0.3, -0.25) is 4.90 Å². The molecule has 1 aliphatic heterocycles. The van der Waals surface area contributed by atoms with Gasteiger partial charge in [0.05, 0.1) is 0 Å². The normalized spacial score (nSPS) is 25.1. The fraction of sp³-hybridized carbons (Fsp3) is 0.600. The van der Waals surface area contributed by atoms with Gasteiger partial charge in [0.15, 0.2) is 0 Å². The maximum atomic E-state index is 6.14. The Balaban J connectivity index is 1.93. The van der Waals surface area contributed by atoms with Crippen LogP contribution in [-0.4, -0.2) is 38.1 Å². The summed E-state index contributed by atoms with van der Waals surface area (Å²) in [6.07, 6.45) is 1.22. The highest BCUT2D eigenvalue weighted by molar-refractivity contribution is 5.45. The van der Waals surface area contributed by atoms with Crippen LogP contribution in [0.25, 0.3) is 0 Å². The lowest BCUT2D eigenvalue weighted by molar-refractivity contribution is 0.162. The smallest absolute Gasteiger partial charge is 0.0361 e. The van der Waals surface area contributed by atoms with E-state index in [9.17, 15) is 0 Å². The van der Waals surface area contributed by atoms with Gasteiger partial charge >= 0.3 is 0 Å². The number of rotatable bonds is 3. The molecule has 1 heterocycles. The molecule has 1 aromatic carbocycles. The van der Waals surface area contributed by atoms with E-state index in [2.05, 4.69) is 55.1 Å². The van der Waals surface area contributed by atoms with E-state index in [0.29, 0.717) is 12.0 Å². The zero-order valence-corrected chi connectivity index (χ0v) is 11.8. The average molecular weight is 247 g/mol. The van der Waals surface area contributed by atoms with Gasteiger partial charge in [-0.1, -0.05) is 19.1 Å². The van der Waals surface area contributed by atoms with E-state index in [1.807, 2.05) is 0 Å². The molecule has 2 rings (SSSR count). The summed E-state index contributed by atoms with van der Waals surface area (Å²) >= 11 is 0. The van der Waals surface area contributed by atoms with E-state index in [-0.39, 0.29) is 0 Å². The number of likely N-dealkylation sites (tertiary alicyclic amines) is 1. The SMILES string of the molecule is CC1CCN(Cc2ccc(N(C)C)cc2)CC1N. The monoisotopic (exact) mass is 247 g/mol. The Morgan fingerprint density at radius 3 is 2.50 bits per heavy atom. The fourth-order valence-electron chi connectivity index (χ4n) is 2.47. The highest BCUT2D eigenvalue weighted by Gasteiger charge is 2.22. The van der Waals surface area contributed by atoms with Crippen molar-refractivity contribution in [3.8, 4) is 0 Å². The molecule has 1 fully saturated rings. The summed E-state index contributed by atoms with van der Waals surface area (Å²) in [5, 5.41) is 0. The van der Waals surface area contributed by atoms with Crippen molar-refractivity contribution in [2.45, 2.75) is 25.9 Å². The van der Waals surface area contributed by atoms with E-state index in [1.165, 1.54) is 24.2 Å². The zero-order chi connectivity index (χ0) is 13.1. The van der Waals surface area contributed by atoms with Crippen molar-refractivity contribution in [2.24, 2.45) is 11.7 Å². The van der Waals surface area contributed by atoms with Crippen molar-refractivity contribution in [3.05, 3.63) is 29.8 Å². The molecule has 0 aromatic heterocycles. The topological polar surface area (TPSA) is 32.5 Å². The summed E-state index contributed by atoms with van der Waals surface area (Å²) in [4.78, 5) is 4.59. The summed E-state index contributed by atoms with van der Waals surface area (Å²) in [5.41, 5.74) is 8.77. The van der Waals surface area contributed by atoms with Crippen LogP contribution in [-0.2, 0) is 6.54 Å². The molecule has 0 spiro atoms. The third-order valence-corrected chi connectivity index (χ3v) is 3.96. The molecular weight excluding hydrogens is 222 g/mol. The Bertz CT molecular complexity index is 372. The van der Waals surface area contributed by atoms with Crippen LogP contribution in [0.2, 0.25) is 0 Å². The van der Waals surface area contributed by atoms with Crippen LogP contribution in [0.1, 0.15) is 18.9 Å². The number of nitrogens with two attached hydrogens (primary N) is 1. The van der Waals surface area contributed by atoms with Gasteiger partial charge in [-0.15, -0.1) is 0 Å². The van der Waals surface area contributed by atoms with Crippen LogP contribution in [0.4, 0.5) is 5.69 Å². The number of piperidine rings is 1. The Kier molecular flexibility index (Phi) is 4.25. The molecule has 1 aliphatic rings. The molecule has 0 saturated carbocycles. The van der Waals surface area contributed by atoms with Gasteiger partial charge in [0.1, 0.15) is 0 Å². The summed E-state index contributed by atoms with van der Waals surface area (Å²) in [6.45, 7) is 5.48. The molecule has 3 nitrogen and oxygen atoms in total. The minimum absolute atomic E-state index is 0.333. The van der Waals surface area contributed by atoms with E-state index in [1.54, 1.807) is 0 Å². The van der Waals surface area contributed by atoms with Gasteiger partial charge in [0.25, 0.3) is 0 Å². The number of benzene rings is 1. The first-order valence-corrected chi connectivity index (χ1v) is 6.80. The number of hydrogen-bond acceptors (Lipinski definition) is 3. The second-order valence-electron chi connectivity index (χ2n) is 5.73. The second kappa shape index (κ2) is 5.72. The van der Waals surface area contributed by atoms with Crippen LogP contribution in [0.5, 0.6) is 0 Å². The molecule has 0 bridgehead atoms. The third-order valence-electron chi connectivity index (χ3n) is 3.96. The molecule has 3 heteroatoms. The van der Waals surface area contributed by atoms with Crippen LogP contribution in [0.15, 0.2) is 24.3 Å². The molecular formula is C15H25N3. The summed E-state index contributed by atoms with van der Waals surface area (Å²) in [7, 11) is 4.14. The van der Waals surface area contributed by atoms with Crippen LogP contribution in [0, 0.1) is 5.92 Å². The molecule has 0 amide bonds. The number of nitrogens with zero attached hydrogens (tertiary/aromatic N) is 2. The predicted molar refractivity (Wildman–Crippen MR) is 77.8 cm³/mol. The highest BCUT2D eigenvalue weighted by atomic mass is 15.1. The molecule has 2 atom stereocenters. The van der Waals surface area contributed by atoms with Crippen molar-refractivity contribution in [1.82, 2.24) is 4.90 Å². The van der Waals surface area contributed by atoms with Gasteiger partial charge in [-0.2, -0.15) is 0 Å². The fourth-order valence-corrected chi connectivity index (χ4v) is 2.47.